The summed E-state index contributed by atoms with van der Waals surface area (Å²) in [6.45, 7) is 3.92. The zero-order chi connectivity index (χ0) is 26.0. The molecule has 2 N–H and O–H groups in total. The number of methoxy groups -OCH3 is 2. The minimum Gasteiger partial charge on any atom is -0.497 e. The fourth-order valence-electron chi connectivity index (χ4n) is 3.73. The second-order valence-electron chi connectivity index (χ2n) is 8.08. The van der Waals surface area contributed by atoms with Crippen LogP contribution in [-0.2, 0) is 9.59 Å². The molecule has 1 aliphatic rings. The molecule has 36 heavy (non-hydrogen) atoms. The van der Waals surface area contributed by atoms with Gasteiger partial charge >= 0.3 is 0 Å². The number of aryl methyl sites for hydroxylation is 1. The number of carbonyl (C=O) groups is 3. The molecule has 3 aromatic rings. The van der Waals surface area contributed by atoms with Crippen LogP contribution in [0.15, 0.2) is 71.4 Å². The molecule has 1 heterocycles. The molecule has 3 aromatic carbocycles. The largest absolute Gasteiger partial charge is 0.497 e. The van der Waals surface area contributed by atoms with Crippen molar-refractivity contribution >= 4 is 46.4 Å². The molecule has 9 heteroatoms. The van der Waals surface area contributed by atoms with Gasteiger partial charge in [0.25, 0.3) is 17.7 Å². The van der Waals surface area contributed by atoms with E-state index in [0.29, 0.717) is 22.7 Å². The Kier molecular flexibility index (Phi) is 6.98. The molecule has 0 saturated carbocycles. The van der Waals surface area contributed by atoms with Crippen LogP contribution < -0.4 is 25.0 Å². The highest BCUT2D eigenvalue weighted by atomic mass is 35.5. The first-order valence-electron chi connectivity index (χ1n) is 11.0. The van der Waals surface area contributed by atoms with E-state index in [9.17, 15) is 14.4 Å². The third-order valence-electron chi connectivity index (χ3n) is 5.92. The number of benzene rings is 3. The SMILES string of the molecule is COc1ccc(OC)c(N2C(=O)C(Cl)=C(Nc3ccc(C(=O)Nc4cccc(C)c4C)cc3)C2=O)c1. The molecule has 0 saturated heterocycles. The summed E-state index contributed by atoms with van der Waals surface area (Å²) in [5, 5.41) is 5.55. The number of hydrogen-bond donors (Lipinski definition) is 2. The van der Waals surface area contributed by atoms with Crippen LogP contribution >= 0.6 is 11.6 Å². The number of nitrogens with one attached hydrogen (secondary N) is 2. The fraction of sp³-hybridized carbons (Fsp3) is 0.148. The highest BCUT2D eigenvalue weighted by Crippen LogP contribution is 2.38. The lowest BCUT2D eigenvalue weighted by molar-refractivity contribution is -0.120. The van der Waals surface area contributed by atoms with E-state index >= 15 is 0 Å². The van der Waals surface area contributed by atoms with E-state index in [1.54, 1.807) is 36.4 Å². The molecule has 0 fully saturated rings. The van der Waals surface area contributed by atoms with Crippen LogP contribution in [0.1, 0.15) is 21.5 Å². The first kappa shape index (κ1) is 24.8. The van der Waals surface area contributed by atoms with Crippen molar-refractivity contribution < 1.29 is 23.9 Å². The van der Waals surface area contributed by atoms with Crippen LogP contribution in [0.4, 0.5) is 17.1 Å². The monoisotopic (exact) mass is 505 g/mol. The fourth-order valence-corrected chi connectivity index (χ4v) is 3.94. The smallest absolute Gasteiger partial charge is 0.283 e. The number of ether oxygens (including phenoxy) is 2. The first-order chi connectivity index (χ1) is 17.2. The zero-order valence-corrected chi connectivity index (χ0v) is 20.9. The molecule has 3 amide bonds. The van der Waals surface area contributed by atoms with Gasteiger partial charge in [-0.05, 0) is 67.4 Å². The summed E-state index contributed by atoms with van der Waals surface area (Å²) in [4.78, 5) is 39.7. The summed E-state index contributed by atoms with van der Waals surface area (Å²) >= 11 is 6.26. The van der Waals surface area contributed by atoms with Gasteiger partial charge in [-0.3, -0.25) is 14.4 Å². The van der Waals surface area contributed by atoms with Crippen LogP contribution in [-0.4, -0.2) is 31.9 Å². The van der Waals surface area contributed by atoms with Gasteiger partial charge in [0.2, 0.25) is 0 Å². The van der Waals surface area contributed by atoms with Crippen molar-refractivity contribution in [1.29, 1.82) is 0 Å². The summed E-state index contributed by atoms with van der Waals surface area (Å²) in [5.41, 5.74) is 3.84. The maximum Gasteiger partial charge on any atom is 0.283 e. The number of anilines is 3. The second kappa shape index (κ2) is 10.1. The minimum absolute atomic E-state index is 0.0841. The first-order valence-corrected chi connectivity index (χ1v) is 11.4. The highest BCUT2D eigenvalue weighted by molar-refractivity contribution is 6.53. The van der Waals surface area contributed by atoms with Crippen molar-refractivity contribution in [2.24, 2.45) is 0 Å². The number of halogens is 1. The second-order valence-corrected chi connectivity index (χ2v) is 8.45. The van der Waals surface area contributed by atoms with E-state index in [-0.39, 0.29) is 22.3 Å². The molecule has 0 bridgehead atoms. The van der Waals surface area contributed by atoms with E-state index in [4.69, 9.17) is 21.1 Å². The van der Waals surface area contributed by atoms with Gasteiger partial charge in [0, 0.05) is 23.0 Å². The lowest BCUT2D eigenvalue weighted by Crippen LogP contribution is -2.32. The Bertz CT molecular complexity index is 1400. The average Bonchev–Trinajstić information content (AvgIpc) is 3.09. The van der Waals surface area contributed by atoms with E-state index in [1.165, 1.54) is 20.3 Å². The maximum atomic E-state index is 13.2. The van der Waals surface area contributed by atoms with Gasteiger partial charge in [-0.2, -0.15) is 0 Å². The lowest BCUT2D eigenvalue weighted by Gasteiger charge is -2.19. The molecule has 1 aliphatic heterocycles. The number of nitrogens with zero attached hydrogens (tertiary/aromatic N) is 1. The normalized spacial score (nSPS) is 13.2. The van der Waals surface area contributed by atoms with Gasteiger partial charge in [0.15, 0.2) is 0 Å². The van der Waals surface area contributed by atoms with Crippen molar-refractivity contribution in [3.8, 4) is 11.5 Å². The topological polar surface area (TPSA) is 97.0 Å². The molecule has 0 radical (unpaired) electrons. The Balaban J connectivity index is 1.52. The molecule has 0 unspecified atom stereocenters. The molecule has 0 aromatic heterocycles. The van der Waals surface area contributed by atoms with Gasteiger partial charge in [-0.1, -0.05) is 23.7 Å². The van der Waals surface area contributed by atoms with E-state index in [2.05, 4.69) is 10.6 Å². The summed E-state index contributed by atoms with van der Waals surface area (Å²) in [7, 11) is 2.91. The van der Waals surface area contributed by atoms with Crippen molar-refractivity contribution in [2.45, 2.75) is 13.8 Å². The van der Waals surface area contributed by atoms with E-state index in [0.717, 1.165) is 21.7 Å². The van der Waals surface area contributed by atoms with Crippen molar-refractivity contribution in [1.82, 2.24) is 0 Å². The van der Waals surface area contributed by atoms with Crippen molar-refractivity contribution in [3.05, 3.63) is 88.1 Å². The Morgan fingerprint density at radius 1 is 0.917 bits per heavy atom. The number of hydrogen-bond acceptors (Lipinski definition) is 6. The van der Waals surface area contributed by atoms with Crippen LogP contribution in [0.5, 0.6) is 11.5 Å². The van der Waals surface area contributed by atoms with Gasteiger partial charge in [0.05, 0.1) is 19.9 Å². The van der Waals surface area contributed by atoms with Crippen LogP contribution in [0, 0.1) is 13.8 Å². The molecule has 184 valence electrons. The van der Waals surface area contributed by atoms with E-state index in [1.807, 2.05) is 32.0 Å². The molecule has 0 aliphatic carbocycles. The van der Waals surface area contributed by atoms with Gasteiger partial charge < -0.3 is 20.1 Å². The summed E-state index contributed by atoms with van der Waals surface area (Å²) in [5.74, 6) is -0.856. The Labute approximate surface area is 213 Å². The molecule has 8 nitrogen and oxygen atoms in total. The zero-order valence-electron chi connectivity index (χ0n) is 20.1. The minimum atomic E-state index is -0.694. The van der Waals surface area contributed by atoms with Crippen LogP contribution in [0.25, 0.3) is 0 Å². The number of rotatable bonds is 7. The average molecular weight is 506 g/mol. The third-order valence-corrected chi connectivity index (χ3v) is 6.27. The molecular formula is C27H24ClN3O5. The molecular weight excluding hydrogens is 482 g/mol. The summed E-state index contributed by atoms with van der Waals surface area (Å²) < 4.78 is 10.5. The van der Waals surface area contributed by atoms with Gasteiger partial charge in [-0.15, -0.1) is 0 Å². The van der Waals surface area contributed by atoms with E-state index < -0.39 is 11.8 Å². The van der Waals surface area contributed by atoms with Crippen molar-refractivity contribution in [2.75, 3.05) is 29.8 Å². The van der Waals surface area contributed by atoms with Crippen LogP contribution in [0.2, 0.25) is 0 Å². The maximum absolute atomic E-state index is 13.2. The number of amides is 3. The number of imide groups is 1. The van der Waals surface area contributed by atoms with Crippen molar-refractivity contribution in [3.63, 3.8) is 0 Å². The van der Waals surface area contributed by atoms with Crippen LogP contribution in [0.3, 0.4) is 0 Å². The van der Waals surface area contributed by atoms with Gasteiger partial charge in [-0.25, -0.2) is 4.90 Å². The molecule has 0 atom stereocenters. The van der Waals surface area contributed by atoms with Gasteiger partial charge in [0.1, 0.15) is 22.2 Å². The highest BCUT2D eigenvalue weighted by Gasteiger charge is 2.40. The predicted octanol–water partition coefficient (Wildman–Crippen LogP) is 5.01. The third kappa shape index (κ3) is 4.63. The molecule has 0 spiro atoms. The molecule has 4 rings (SSSR count). The standard InChI is InChI=1S/C27H24ClN3O5/c1-15-6-5-7-20(16(15)2)30-25(32)17-8-10-18(11-9-17)29-24-23(28)26(33)31(27(24)34)21-14-19(35-3)12-13-22(21)36-4/h5-14,29H,1-4H3,(H,30,32). The predicted molar refractivity (Wildman–Crippen MR) is 139 cm³/mol. The lowest BCUT2D eigenvalue weighted by atomic mass is 10.1. The Hall–Kier alpha value is -4.30. The quantitative estimate of drug-likeness (QED) is 0.438. The number of carbonyl (C=O) groups excluding carboxylic acids is 3. The Morgan fingerprint density at radius 2 is 1.64 bits per heavy atom. The summed E-state index contributed by atoms with van der Waals surface area (Å²) in [6.07, 6.45) is 0. The summed E-state index contributed by atoms with van der Waals surface area (Å²) in [6, 6.07) is 16.9. The Morgan fingerprint density at radius 3 is 2.31 bits per heavy atom.